The molecule has 4 nitrogen and oxygen atoms in total. The van der Waals surface area contributed by atoms with E-state index in [1.54, 1.807) is 45.4 Å². The Morgan fingerprint density at radius 1 is 1.06 bits per heavy atom. The minimum Gasteiger partial charge on any atom is -0.362 e. The molecule has 0 unspecified atom stereocenters. The zero-order chi connectivity index (χ0) is 12.4. The topological polar surface area (TPSA) is 58.9 Å². The molecule has 1 aromatic rings. The summed E-state index contributed by atoms with van der Waals surface area (Å²) in [6, 6.07) is 8.81. The van der Waals surface area contributed by atoms with E-state index >= 15 is 0 Å². The van der Waals surface area contributed by atoms with E-state index in [2.05, 4.69) is 9.47 Å². The van der Waals surface area contributed by atoms with Crippen LogP contribution in [-0.2, 0) is 15.3 Å². The molecule has 0 spiro atoms. The van der Waals surface area contributed by atoms with Crippen LogP contribution in [-0.4, -0.2) is 31.2 Å². The van der Waals surface area contributed by atoms with E-state index in [4.69, 9.17) is 0 Å². The molecular weight excluding hydrogens is 208 g/mol. The number of methoxy groups -OCH3 is 2. The third-order valence-corrected chi connectivity index (χ3v) is 1.96. The normalized spacial score (nSPS) is 10.6. The number of benzene rings is 1. The van der Waals surface area contributed by atoms with Crippen molar-refractivity contribution in [3.63, 3.8) is 0 Å². The molecule has 0 aromatic heterocycles. The van der Waals surface area contributed by atoms with Gasteiger partial charge in [0.15, 0.2) is 5.79 Å². The maximum Gasteiger partial charge on any atom is 0.189 e. The molecule has 0 atom stereocenters. The highest BCUT2D eigenvalue weighted by Crippen LogP contribution is 2.20. The Labute approximate surface area is 96.4 Å². The fraction of sp³-hybridized carbons (Fsp3) is 0.500. The lowest BCUT2D eigenvalue weighted by atomic mass is 10.0. The van der Waals surface area contributed by atoms with Crippen molar-refractivity contribution in [2.24, 2.45) is 0 Å². The summed E-state index contributed by atoms with van der Waals surface area (Å²) in [5.41, 5.74) is 0.544. The second-order valence-electron chi connectivity index (χ2n) is 3.23. The second-order valence-corrected chi connectivity index (χ2v) is 3.23. The van der Waals surface area contributed by atoms with Crippen molar-refractivity contribution < 1.29 is 19.7 Å². The fourth-order valence-electron chi connectivity index (χ4n) is 1.03. The Morgan fingerprint density at radius 3 is 1.88 bits per heavy atom. The van der Waals surface area contributed by atoms with Crippen molar-refractivity contribution in [2.45, 2.75) is 19.1 Å². The van der Waals surface area contributed by atoms with E-state index in [0.29, 0.717) is 18.8 Å². The highest BCUT2D eigenvalue weighted by atomic mass is 16.6. The summed E-state index contributed by atoms with van der Waals surface area (Å²) < 4.78 is 8.94. The SMILES string of the molecule is CCC(O)(O)c1ccccc1.COCOC. The Kier molecular flexibility index (Phi) is 7.76. The van der Waals surface area contributed by atoms with Crippen molar-refractivity contribution in [2.75, 3.05) is 21.0 Å². The van der Waals surface area contributed by atoms with Gasteiger partial charge in [0.1, 0.15) is 6.79 Å². The molecule has 0 saturated heterocycles. The smallest absolute Gasteiger partial charge is 0.189 e. The Morgan fingerprint density at radius 2 is 1.56 bits per heavy atom. The van der Waals surface area contributed by atoms with Crippen LogP contribution in [0.4, 0.5) is 0 Å². The average molecular weight is 228 g/mol. The quantitative estimate of drug-likeness (QED) is 0.766. The highest BCUT2D eigenvalue weighted by Gasteiger charge is 2.21. The lowest BCUT2D eigenvalue weighted by molar-refractivity contribution is -0.171. The summed E-state index contributed by atoms with van der Waals surface area (Å²) in [6.45, 7) is 2.12. The van der Waals surface area contributed by atoms with E-state index in [1.807, 2.05) is 6.07 Å². The van der Waals surface area contributed by atoms with Gasteiger partial charge >= 0.3 is 0 Å². The summed E-state index contributed by atoms with van der Waals surface area (Å²) in [7, 11) is 3.17. The van der Waals surface area contributed by atoms with Crippen LogP contribution in [0.2, 0.25) is 0 Å². The van der Waals surface area contributed by atoms with Crippen molar-refractivity contribution in [3.8, 4) is 0 Å². The van der Waals surface area contributed by atoms with Gasteiger partial charge in [-0.05, 0) is 0 Å². The van der Waals surface area contributed by atoms with Gasteiger partial charge in [-0.1, -0.05) is 37.3 Å². The first-order valence-corrected chi connectivity index (χ1v) is 5.06. The molecule has 0 aliphatic carbocycles. The van der Waals surface area contributed by atoms with Gasteiger partial charge in [0.05, 0.1) is 0 Å². The largest absolute Gasteiger partial charge is 0.362 e. The van der Waals surface area contributed by atoms with Gasteiger partial charge in [-0.3, -0.25) is 0 Å². The van der Waals surface area contributed by atoms with Crippen molar-refractivity contribution in [1.82, 2.24) is 0 Å². The fourth-order valence-corrected chi connectivity index (χ4v) is 1.03. The molecular formula is C12H20O4. The van der Waals surface area contributed by atoms with Gasteiger partial charge in [0.2, 0.25) is 0 Å². The first-order chi connectivity index (χ1) is 7.58. The molecule has 4 heteroatoms. The van der Waals surface area contributed by atoms with Gasteiger partial charge in [0, 0.05) is 26.2 Å². The third kappa shape index (κ3) is 5.82. The summed E-state index contributed by atoms with van der Waals surface area (Å²) in [5.74, 6) is -1.67. The lowest BCUT2D eigenvalue weighted by Gasteiger charge is -2.19. The molecule has 2 N–H and O–H groups in total. The average Bonchev–Trinajstić information content (AvgIpc) is 2.32. The second kappa shape index (κ2) is 8.24. The molecule has 0 heterocycles. The van der Waals surface area contributed by atoms with Gasteiger partial charge in [-0.25, -0.2) is 0 Å². The van der Waals surface area contributed by atoms with E-state index < -0.39 is 5.79 Å². The Bertz CT molecular complexity index is 257. The first-order valence-electron chi connectivity index (χ1n) is 5.06. The van der Waals surface area contributed by atoms with Crippen LogP contribution < -0.4 is 0 Å². The summed E-state index contributed by atoms with van der Waals surface area (Å²) in [5, 5.41) is 18.7. The molecule has 1 aromatic carbocycles. The van der Waals surface area contributed by atoms with E-state index in [1.165, 1.54) is 0 Å². The zero-order valence-electron chi connectivity index (χ0n) is 10.0. The van der Waals surface area contributed by atoms with E-state index in [0.717, 1.165) is 0 Å². The Balaban J connectivity index is 0.000000385. The van der Waals surface area contributed by atoms with Crippen molar-refractivity contribution in [3.05, 3.63) is 35.9 Å². The maximum atomic E-state index is 9.35. The standard InChI is InChI=1S/C9H12O2.C3H8O2/c1-2-9(10,11)8-6-4-3-5-7-8;1-4-3-5-2/h3-7,10-11H,2H2,1H3;3H2,1-2H3. The summed E-state index contributed by atoms with van der Waals surface area (Å²) in [6.07, 6.45) is 0.303. The molecule has 16 heavy (non-hydrogen) atoms. The summed E-state index contributed by atoms with van der Waals surface area (Å²) >= 11 is 0. The summed E-state index contributed by atoms with van der Waals surface area (Å²) in [4.78, 5) is 0. The van der Waals surface area contributed by atoms with E-state index in [9.17, 15) is 10.2 Å². The zero-order valence-corrected chi connectivity index (χ0v) is 10.0. The number of hydrogen-bond acceptors (Lipinski definition) is 4. The van der Waals surface area contributed by atoms with Crippen LogP contribution in [0.15, 0.2) is 30.3 Å². The lowest BCUT2D eigenvalue weighted by Crippen LogP contribution is -2.23. The maximum absolute atomic E-state index is 9.35. The number of hydrogen-bond donors (Lipinski definition) is 2. The number of aliphatic hydroxyl groups is 2. The third-order valence-electron chi connectivity index (χ3n) is 1.96. The number of rotatable bonds is 4. The first kappa shape index (κ1) is 15.1. The van der Waals surface area contributed by atoms with Gasteiger partial charge < -0.3 is 19.7 Å². The van der Waals surface area contributed by atoms with Crippen LogP contribution in [0.1, 0.15) is 18.9 Å². The monoisotopic (exact) mass is 228 g/mol. The van der Waals surface area contributed by atoms with Crippen LogP contribution in [0.3, 0.4) is 0 Å². The minimum atomic E-state index is -1.67. The minimum absolute atomic E-state index is 0.303. The van der Waals surface area contributed by atoms with E-state index in [-0.39, 0.29) is 0 Å². The van der Waals surface area contributed by atoms with Crippen LogP contribution in [0.5, 0.6) is 0 Å². The molecule has 0 fully saturated rings. The van der Waals surface area contributed by atoms with Gasteiger partial charge in [-0.2, -0.15) is 0 Å². The predicted molar refractivity (Wildman–Crippen MR) is 61.7 cm³/mol. The van der Waals surface area contributed by atoms with Crippen LogP contribution in [0.25, 0.3) is 0 Å². The highest BCUT2D eigenvalue weighted by molar-refractivity contribution is 5.19. The predicted octanol–water partition coefficient (Wildman–Crippen LogP) is 1.47. The van der Waals surface area contributed by atoms with Crippen LogP contribution >= 0.6 is 0 Å². The number of ether oxygens (including phenoxy) is 2. The molecule has 0 bridgehead atoms. The van der Waals surface area contributed by atoms with Gasteiger partial charge in [-0.15, -0.1) is 0 Å². The molecule has 0 saturated carbocycles. The van der Waals surface area contributed by atoms with Crippen molar-refractivity contribution >= 4 is 0 Å². The van der Waals surface area contributed by atoms with Crippen molar-refractivity contribution in [1.29, 1.82) is 0 Å². The molecule has 0 amide bonds. The van der Waals surface area contributed by atoms with Crippen LogP contribution in [0, 0.1) is 0 Å². The van der Waals surface area contributed by atoms with Gasteiger partial charge in [0.25, 0.3) is 0 Å². The molecule has 1 rings (SSSR count). The molecule has 0 aliphatic rings. The molecule has 0 radical (unpaired) electrons. The Hall–Kier alpha value is -0.940. The molecule has 0 aliphatic heterocycles. The molecule has 92 valence electrons.